The Morgan fingerprint density at radius 3 is 2.26 bits per heavy atom. The molecule has 0 saturated carbocycles. The lowest BCUT2D eigenvalue weighted by Gasteiger charge is -2.22. The molecule has 6 heteroatoms. The number of fused-ring (bicyclic) bond motifs is 1. The van der Waals surface area contributed by atoms with Crippen LogP contribution in [0.5, 0.6) is 0 Å². The van der Waals surface area contributed by atoms with E-state index in [1.165, 1.54) is 6.92 Å². The summed E-state index contributed by atoms with van der Waals surface area (Å²) in [5.41, 5.74) is 1.88. The molecule has 1 unspecified atom stereocenters. The van der Waals surface area contributed by atoms with Gasteiger partial charge in [-0.1, -0.05) is 12.1 Å². The monoisotopic (exact) mass is 309 g/mol. The molecule has 0 fully saturated rings. The molecule has 2 aromatic rings. The smallest absolute Gasteiger partial charge is 0.262 e. The van der Waals surface area contributed by atoms with Gasteiger partial charge in [-0.25, -0.2) is 0 Å². The molecule has 1 atom stereocenters. The Morgan fingerprint density at radius 2 is 1.70 bits per heavy atom. The molecule has 0 bridgehead atoms. The number of hydrogen-bond acceptors (Lipinski definition) is 4. The van der Waals surface area contributed by atoms with Crippen LogP contribution in [0.15, 0.2) is 42.6 Å². The molecule has 3 rings (SSSR count). The minimum Gasteiger partial charge on any atom is -0.323 e. The van der Waals surface area contributed by atoms with Crippen LogP contribution in [-0.2, 0) is 4.79 Å². The van der Waals surface area contributed by atoms with Crippen LogP contribution in [0.3, 0.4) is 0 Å². The quantitative estimate of drug-likeness (QED) is 0.880. The van der Waals surface area contributed by atoms with Crippen molar-refractivity contribution in [2.24, 2.45) is 0 Å². The zero-order valence-corrected chi connectivity index (χ0v) is 12.7. The zero-order valence-electron chi connectivity index (χ0n) is 12.7. The van der Waals surface area contributed by atoms with E-state index in [2.05, 4.69) is 10.3 Å². The van der Waals surface area contributed by atoms with Crippen molar-refractivity contribution in [1.82, 2.24) is 9.88 Å². The van der Waals surface area contributed by atoms with Gasteiger partial charge in [0.2, 0.25) is 5.91 Å². The van der Waals surface area contributed by atoms with E-state index in [1.54, 1.807) is 49.5 Å². The van der Waals surface area contributed by atoms with Crippen LogP contribution < -0.4 is 5.32 Å². The van der Waals surface area contributed by atoms with Gasteiger partial charge in [0.15, 0.2) is 0 Å². The molecule has 1 aliphatic rings. The predicted octanol–water partition coefficient (Wildman–Crippen LogP) is 2.01. The van der Waals surface area contributed by atoms with Crippen molar-refractivity contribution in [3.05, 3.63) is 59.4 Å². The molecule has 6 nitrogen and oxygen atoms in total. The normalized spacial score (nSPS) is 14.6. The van der Waals surface area contributed by atoms with Crippen molar-refractivity contribution in [3.8, 4) is 0 Å². The van der Waals surface area contributed by atoms with E-state index in [9.17, 15) is 14.4 Å². The van der Waals surface area contributed by atoms with Crippen LogP contribution in [-0.4, -0.2) is 33.6 Å². The fourth-order valence-electron chi connectivity index (χ4n) is 2.53. The van der Waals surface area contributed by atoms with Gasteiger partial charge in [-0.3, -0.25) is 24.3 Å². The van der Waals surface area contributed by atoms with E-state index < -0.39 is 23.8 Å². The largest absolute Gasteiger partial charge is 0.323 e. The second-order valence-corrected chi connectivity index (χ2v) is 5.33. The average Bonchev–Trinajstić information content (AvgIpc) is 2.81. The maximum absolute atomic E-state index is 12.4. The Morgan fingerprint density at radius 1 is 1.09 bits per heavy atom. The van der Waals surface area contributed by atoms with Gasteiger partial charge in [-0.2, -0.15) is 0 Å². The molecule has 3 amide bonds. The maximum Gasteiger partial charge on any atom is 0.262 e. The number of rotatable bonds is 3. The van der Waals surface area contributed by atoms with E-state index in [1.807, 2.05) is 0 Å². The lowest BCUT2D eigenvalue weighted by atomic mass is 10.1. The fourth-order valence-corrected chi connectivity index (χ4v) is 2.53. The minimum atomic E-state index is -0.915. The fraction of sp³-hybridized carbons (Fsp3) is 0.176. The van der Waals surface area contributed by atoms with Crippen LogP contribution in [0, 0.1) is 6.92 Å². The first-order valence-corrected chi connectivity index (χ1v) is 7.20. The third kappa shape index (κ3) is 2.48. The summed E-state index contributed by atoms with van der Waals surface area (Å²) in [6.07, 6.45) is 1.62. The van der Waals surface area contributed by atoms with Crippen molar-refractivity contribution in [2.75, 3.05) is 5.32 Å². The van der Waals surface area contributed by atoms with Gasteiger partial charge in [0.1, 0.15) is 6.04 Å². The number of nitrogens with one attached hydrogen (secondary N) is 1. The first kappa shape index (κ1) is 14.9. The Kier molecular flexibility index (Phi) is 3.65. The molecular weight excluding hydrogens is 294 g/mol. The Balaban J connectivity index is 1.83. The van der Waals surface area contributed by atoms with Crippen molar-refractivity contribution >= 4 is 23.4 Å². The molecule has 0 saturated heterocycles. The lowest BCUT2D eigenvalue weighted by molar-refractivity contribution is -0.119. The summed E-state index contributed by atoms with van der Waals surface area (Å²) in [6, 6.07) is 9.07. The summed E-state index contributed by atoms with van der Waals surface area (Å²) in [7, 11) is 0. The summed E-state index contributed by atoms with van der Waals surface area (Å²) in [5, 5.41) is 2.71. The molecule has 23 heavy (non-hydrogen) atoms. The van der Waals surface area contributed by atoms with Crippen molar-refractivity contribution in [2.45, 2.75) is 19.9 Å². The SMILES string of the molecule is Cc1ncccc1NC(=O)C(C)N1C(=O)c2ccccc2C1=O. The molecule has 2 heterocycles. The second-order valence-electron chi connectivity index (χ2n) is 5.33. The van der Waals surface area contributed by atoms with Crippen LogP contribution in [0.2, 0.25) is 0 Å². The third-order valence-corrected chi connectivity index (χ3v) is 3.86. The highest BCUT2D eigenvalue weighted by atomic mass is 16.2. The molecule has 1 aromatic carbocycles. The Labute approximate surface area is 133 Å². The minimum absolute atomic E-state index is 0.328. The number of anilines is 1. The van der Waals surface area contributed by atoms with Gasteiger partial charge < -0.3 is 5.32 Å². The summed E-state index contributed by atoms with van der Waals surface area (Å²) in [4.78, 5) is 42.3. The highest BCUT2D eigenvalue weighted by Gasteiger charge is 2.40. The third-order valence-electron chi connectivity index (χ3n) is 3.86. The number of imide groups is 1. The number of aromatic nitrogens is 1. The zero-order chi connectivity index (χ0) is 16.6. The second kappa shape index (κ2) is 5.64. The van der Waals surface area contributed by atoms with Crippen LogP contribution in [0.25, 0.3) is 0 Å². The van der Waals surface area contributed by atoms with E-state index >= 15 is 0 Å². The molecule has 1 N–H and O–H groups in total. The average molecular weight is 309 g/mol. The summed E-state index contributed by atoms with van der Waals surface area (Å²) >= 11 is 0. The van der Waals surface area contributed by atoms with Crippen molar-refractivity contribution in [1.29, 1.82) is 0 Å². The van der Waals surface area contributed by atoms with Gasteiger partial charge in [-0.15, -0.1) is 0 Å². The first-order valence-electron chi connectivity index (χ1n) is 7.20. The number of aryl methyl sites for hydroxylation is 1. The predicted molar refractivity (Wildman–Crippen MR) is 84.0 cm³/mol. The molecule has 0 spiro atoms. The molecule has 1 aromatic heterocycles. The van der Waals surface area contributed by atoms with Gasteiger partial charge in [0, 0.05) is 6.20 Å². The van der Waals surface area contributed by atoms with E-state index in [-0.39, 0.29) is 0 Å². The Hall–Kier alpha value is -3.02. The van der Waals surface area contributed by atoms with Crippen LogP contribution in [0.1, 0.15) is 33.3 Å². The summed E-state index contributed by atoms with van der Waals surface area (Å²) in [5.74, 6) is -1.33. The van der Waals surface area contributed by atoms with Gasteiger partial charge >= 0.3 is 0 Å². The molecule has 0 radical (unpaired) electrons. The summed E-state index contributed by atoms with van der Waals surface area (Å²) in [6.45, 7) is 3.30. The number of carbonyl (C=O) groups is 3. The van der Waals surface area contributed by atoms with Gasteiger partial charge in [0.05, 0.1) is 22.5 Å². The molecule has 1 aliphatic heterocycles. The van der Waals surface area contributed by atoms with Crippen molar-refractivity contribution < 1.29 is 14.4 Å². The highest BCUT2D eigenvalue weighted by molar-refractivity contribution is 6.23. The molecule has 116 valence electrons. The summed E-state index contributed by atoms with van der Waals surface area (Å²) < 4.78 is 0. The van der Waals surface area contributed by atoms with Crippen LogP contribution >= 0.6 is 0 Å². The van der Waals surface area contributed by atoms with Gasteiger partial charge in [0.25, 0.3) is 11.8 Å². The number of carbonyl (C=O) groups excluding carboxylic acids is 3. The topological polar surface area (TPSA) is 79.4 Å². The number of hydrogen-bond donors (Lipinski definition) is 1. The lowest BCUT2D eigenvalue weighted by Crippen LogP contribution is -2.45. The molecule has 0 aliphatic carbocycles. The Bertz CT molecular complexity index is 781. The molecular formula is C17H15N3O3. The number of amides is 3. The number of pyridine rings is 1. The highest BCUT2D eigenvalue weighted by Crippen LogP contribution is 2.25. The van der Waals surface area contributed by atoms with Gasteiger partial charge in [-0.05, 0) is 38.1 Å². The van der Waals surface area contributed by atoms with Crippen LogP contribution in [0.4, 0.5) is 5.69 Å². The van der Waals surface area contributed by atoms with E-state index in [0.717, 1.165) is 4.90 Å². The maximum atomic E-state index is 12.4. The van der Waals surface area contributed by atoms with E-state index in [4.69, 9.17) is 0 Å². The standard InChI is InChI=1S/C17H15N3O3/c1-10-14(8-5-9-18-10)19-15(21)11(2)20-16(22)12-6-3-4-7-13(12)17(20)23/h3-9,11H,1-2H3,(H,19,21). The first-order chi connectivity index (χ1) is 11.0. The number of nitrogens with zero attached hydrogens (tertiary/aromatic N) is 2. The number of benzene rings is 1. The van der Waals surface area contributed by atoms with Crippen molar-refractivity contribution in [3.63, 3.8) is 0 Å². The van der Waals surface area contributed by atoms with E-state index in [0.29, 0.717) is 22.5 Å².